The Bertz CT molecular complexity index is 371. The molecule has 0 bridgehead atoms. The van der Waals surface area contributed by atoms with E-state index < -0.39 is 0 Å². The van der Waals surface area contributed by atoms with Crippen LogP contribution in [0.3, 0.4) is 0 Å². The predicted octanol–water partition coefficient (Wildman–Crippen LogP) is 2.87. The summed E-state index contributed by atoms with van der Waals surface area (Å²) in [6, 6.07) is 4.99. The van der Waals surface area contributed by atoms with Gasteiger partial charge in [-0.3, -0.25) is 0 Å². The van der Waals surface area contributed by atoms with Crippen molar-refractivity contribution in [3.05, 3.63) is 23.3 Å². The van der Waals surface area contributed by atoms with Gasteiger partial charge in [0.2, 0.25) is 0 Å². The van der Waals surface area contributed by atoms with Crippen LogP contribution in [0.5, 0.6) is 0 Å². The Kier molecular flexibility index (Phi) is 2.59. The molecule has 1 unspecified atom stereocenters. The molecule has 0 amide bonds. The molecule has 15 heavy (non-hydrogen) atoms. The van der Waals surface area contributed by atoms with E-state index in [-0.39, 0.29) is 0 Å². The second-order valence-electron chi connectivity index (χ2n) is 4.68. The largest absolute Gasteiger partial charge is 0.399 e. The van der Waals surface area contributed by atoms with E-state index in [1.165, 1.54) is 36.2 Å². The van der Waals surface area contributed by atoms with Gasteiger partial charge in [0.1, 0.15) is 0 Å². The Morgan fingerprint density at radius 3 is 2.60 bits per heavy atom. The standard InChI is InChI=1S/C13H20N2/c1-9-8-13(10(2)7-12(9)14)15-6-4-5-11(15)3/h7-8,11H,4-6,14H2,1-3H3. The van der Waals surface area contributed by atoms with Crippen LogP contribution < -0.4 is 10.6 Å². The maximum Gasteiger partial charge on any atom is 0.0402 e. The Morgan fingerprint density at radius 1 is 1.27 bits per heavy atom. The van der Waals surface area contributed by atoms with Crippen molar-refractivity contribution in [2.45, 2.75) is 39.7 Å². The molecule has 0 radical (unpaired) electrons. The number of hydrogen-bond donors (Lipinski definition) is 1. The van der Waals surface area contributed by atoms with Crippen LogP contribution in [0.2, 0.25) is 0 Å². The first-order chi connectivity index (χ1) is 7.09. The molecule has 1 aromatic carbocycles. The lowest BCUT2D eigenvalue weighted by molar-refractivity contribution is 0.733. The SMILES string of the molecule is Cc1cc(N2CCCC2C)c(C)cc1N. The number of nitrogen functional groups attached to an aromatic ring is 1. The summed E-state index contributed by atoms with van der Waals surface area (Å²) in [4.78, 5) is 2.50. The molecule has 1 fully saturated rings. The molecule has 1 saturated heterocycles. The van der Waals surface area contributed by atoms with Gasteiger partial charge in [0.05, 0.1) is 0 Å². The molecular weight excluding hydrogens is 184 g/mol. The summed E-state index contributed by atoms with van der Waals surface area (Å²) in [7, 11) is 0. The first kappa shape index (κ1) is 10.3. The number of aryl methyl sites for hydroxylation is 2. The number of nitrogens with zero attached hydrogens (tertiary/aromatic N) is 1. The normalized spacial score (nSPS) is 21.0. The molecule has 1 aliphatic rings. The molecule has 2 nitrogen and oxygen atoms in total. The average molecular weight is 204 g/mol. The zero-order valence-corrected chi connectivity index (χ0v) is 9.88. The van der Waals surface area contributed by atoms with Crippen LogP contribution in [-0.2, 0) is 0 Å². The van der Waals surface area contributed by atoms with Gasteiger partial charge >= 0.3 is 0 Å². The smallest absolute Gasteiger partial charge is 0.0402 e. The molecule has 0 saturated carbocycles. The van der Waals surface area contributed by atoms with Crippen LogP contribution >= 0.6 is 0 Å². The van der Waals surface area contributed by atoms with Gasteiger partial charge in [-0.25, -0.2) is 0 Å². The van der Waals surface area contributed by atoms with Crippen molar-refractivity contribution in [1.29, 1.82) is 0 Å². The molecule has 2 rings (SSSR count). The second-order valence-corrected chi connectivity index (χ2v) is 4.68. The highest BCUT2D eigenvalue weighted by molar-refractivity contribution is 5.63. The summed E-state index contributed by atoms with van der Waals surface area (Å²) in [5, 5.41) is 0. The predicted molar refractivity (Wildman–Crippen MR) is 66.4 cm³/mol. The summed E-state index contributed by atoms with van der Waals surface area (Å²) in [5.74, 6) is 0. The van der Waals surface area contributed by atoms with Crippen molar-refractivity contribution < 1.29 is 0 Å². The highest BCUT2D eigenvalue weighted by Gasteiger charge is 2.21. The van der Waals surface area contributed by atoms with Crippen LogP contribution in [0.15, 0.2) is 12.1 Å². The maximum atomic E-state index is 5.90. The summed E-state index contributed by atoms with van der Waals surface area (Å²) in [6.45, 7) is 7.72. The van der Waals surface area contributed by atoms with E-state index in [0.717, 1.165) is 5.69 Å². The Labute approximate surface area is 92.1 Å². The zero-order chi connectivity index (χ0) is 11.0. The minimum absolute atomic E-state index is 0.673. The van der Waals surface area contributed by atoms with E-state index in [0.29, 0.717) is 6.04 Å². The van der Waals surface area contributed by atoms with Gasteiger partial charge in [-0.2, -0.15) is 0 Å². The minimum Gasteiger partial charge on any atom is -0.399 e. The van der Waals surface area contributed by atoms with Gasteiger partial charge in [0, 0.05) is 24.0 Å². The molecule has 82 valence electrons. The van der Waals surface area contributed by atoms with Gasteiger partial charge < -0.3 is 10.6 Å². The van der Waals surface area contributed by atoms with E-state index >= 15 is 0 Å². The average Bonchev–Trinajstić information content (AvgIpc) is 2.58. The van der Waals surface area contributed by atoms with Gasteiger partial charge in [0.15, 0.2) is 0 Å². The van der Waals surface area contributed by atoms with E-state index in [2.05, 4.69) is 37.8 Å². The molecule has 1 atom stereocenters. The van der Waals surface area contributed by atoms with Crippen LogP contribution in [0, 0.1) is 13.8 Å². The second kappa shape index (κ2) is 3.76. The maximum absolute atomic E-state index is 5.90. The first-order valence-electron chi connectivity index (χ1n) is 5.73. The molecule has 1 aliphatic heterocycles. The van der Waals surface area contributed by atoms with Gasteiger partial charge in [-0.15, -0.1) is 0 Å². The Balaban J connectivity index is 2.39. The number of anilines is 2. The van der Waals surface area contributed by atoms with Crippen molar-refractivity contribution in [2.75, 3.05) is 17.2 Å². The lowest BCUT2D eigenvalue weighted by Gasteiger charge is -2.26. The van der Waals surface area contributed by atoms with Crippen molar-refractivity contribution in [3.63, 3.8) is 0 Å². The van der Waals surface area contributed by atoms with Crippen LogP contribution in [0.25, 0.3) is 0 Å². The van der Waals surface area contributed by atoms with Gasteiger partial charge in [-0.05, 0) is 56.9 Å². The molecule has 0 spiro atoms. The van der Waals surface area contributed by atoms with E-state index in [1.807, 2.05) is 0 Å². The molecule has 2 heteroatoms. The van der Waals surface area contributed by atoms with Crippen molar-refractivity contribution >= 4 is 11.4 Å². The number of rotatable bonds is 1. The number of benzene rings is 1. The van der Waals surface area contributed by atoms with Crippen molar-refractivity contribution in [3.8, 4) is 0 Å². The topological polar surface area (TPSA) is 29.3 Å². The van der Waals surface area contributed by atoms with Crippen LogP contribution in [0.1, 0.15) is 30.9 Å². The third-order valence-corrected chi connectivity index (χ3v) is 3.45. The van der Waals surface area contributed by atoms with E-state index in [1.54, 1.807) is 0 Å². The molecule has 0 aliphatic carbocycles. The quantitative estimate of drug-likeness (QED) is 0.713. The summed E-state index contributed by atoms with van der Waals surface area (Å²) in [5.41, 5.74) is 10.7. The Morgan fingerprint density at radius 2 is 2.00 bits per heavy atom. The van der Waals surface area contributed by atoms with Crippen LogP contribution in [0.4, 0.5) is 11.4 Å². The highest BCUT2D eigenvalue weighted by atomic mass is 15.2. The van der Waals surface area contributed by atoms with E-state index in [9.17, 15) is 0 Å². The molecule has 1 heterocycles. The molecular formula is C13H20N2. The number of nitrogens with two attached hydrogens (primary N) is 1. The lowest BCUT2D eigenvalue weighted by Crippen LogP contribution is -2.27. The van der Waals surface area contributed by atoms with Gasteiger partial charge in [0.25, 0.3) is 0 Å². The highest BCUT2D eigenvalue weighted by Crippen LogP contribution is 2.31. The van der Waals surface area contributed by atoms with Crippen LogP contribution in [-0.4, -0.2) is 12.6 Å². The van der Waals surface area contributed by atoms with Gasteiger partial charge in [-0.1, -0.05) is 0 Å². The monoisotopic (exact) mass is 204 g/mol. The minimum atomic E-state index is 0.673. The fourth-order valence-corrected chi connectivity index (χ4v) is 2.42. The summed E-state index contributed by atoms with van der Waals surface area (Å²) in [6.07, 6.45) is 2.62. The fraction of sp³-hybridized carbons (Fsp3) is 0.538. The third kappa shape index (κ3) is 1.81. The molecule has 0 aromatic heterocycles. The fourth-order valence-electron chi connectivity index (χ4n) is 2.42. The summed E-state index contributed by atoms with van der Waals surface area (Å²) >= 11 is 0. The zero-order valence-electron chi connectivity index (χ0n) is 9.88. The van der Waals surface area contributed by atoms with Crippen molar-refractivity contribution in [2.24, 2.45) is 0 Å². The first-order valence-corrected chi connectivity index (χ1v) is 5.73. The number of hydrogen-bond acceptors (Lipinski definition) is 2. The molecule has 1 aromatic rings. The van der Waals surface area contributed by atoms with E-state index in [4.69, 9.17) is 5.73 Å². The third-order valence-electron chi connectivity index (χ3n) is 3.45. The lowest BCUT2D eigenvalue weighted by atomic mass is 10.1. The molecule has 2 N–H and O–H groups in total. The summed E-state index contributed by atoms with van der Waals surface area (Å²) < 4.78 is 0. The van der Waals surface area contributed by atoms with Crippen molar-refractivity contribution in [1.82, 2.24) is 0 Å². The Hall–Kier alpha value is -1.18.